The summed E-state index contributed by atoms with van der Waals surface area (Å²) in [6.07, 6.45) is -2.41. The van der Waals surface area contributed by atoms with Crippen LogP contribution in [-0.4, -0.2) is 26.4 Å². The summed E-state index contributed by atoms with van der Waals surface area (Å²) in [6.45, 7) is 1.42. The number of halogens is 3. The lowest BCUT2D eigenvalue weighted by molar-refractivity contribution is -0.145. The molecule has 8 heteroatoms. The van der Waals surface area contributed by atoms with Crippen molar-refractivity contribution < 1.29 is 13.2 Å². The molecule has 0 atom stereocenters. The highest BCUT2D eigenvalue weighted by molar-refractivity contribution is 5.79. The van der Waals surface area contributed by atoms with Gasteiger partial charge < -0.3 is 9.97 Å². The number of hydrogen-bond acceptors (Lipinski definition) is 3. The number of nitrogens with one attached hydrogen (secondary N) is 2. The predicted molar refractivity (Wildman–Crippen MR) is 86.0 cm³/mol. The number of fused-ring (bicyclic) bond motifs is 2. The molecule has 0 unspecified atom stereocenters. The minimum atomic E-state index is -4.66. The van der Waals surface area contributed by atoms with Gasteiger partial charge in [-0.05, 0) is 29.5 Å². The molecule has 0 amide bonds. The Morgan fingerprint density at radius 1 is 1.24 bits per heavy atom. The molecular formula is C17H15F3N4O. The van der Waals surface area contributed by atoms with E-state index in [2.05, 4.69) is 9.97 Å². The summed E-state index contributed by atoms with van der Waals surface area (Å²) < 4.78 is 38.5. The van der Waals surface area contributed by atoms with Crippen molar-refractivity contribution in [3.8, 4) is 0 Å². The van der Waals surface area contributed by atoms with Crippen molar-refractivity contribution in [1.29, 1.82) is 0 Å². The number of benzene rings is 1. The summed E-state index contributed by atoms with van der Waals surface area (Å²) in [7, 11) is 0. The van der Waals surface area contributed by atoms with Crippen LogP contribution in [0, 0.1) is 0 Å². The molecule has 3 aromatic rings. The molecule has 1 aliphatic heterocycles. The van der Waals surface area contributed by atoms with Crippen molar-refractivity contribution in [1.82, 2.24) is 19.9 Å². The molecule has 0 spiro atoms. The number of aromatic nitrogens is 3. The van der Waals surface area contributed by atoms with Crippen LogP contribution in [0.5, 0.6) is 0 Å². The minimum Gasteiger partial charge on any atom is -0.361 e. The van der Waals surface area contributed by atoms with Gasteiger partial charge in [0.2, 0.25) is 5.82 Å². The Morgan fingerprint density at radius 3 is 2.88 bits per heavy atom. The number of hydrogen-bond donors (Lipinski definition) is 2. The lowest BCUT2D eigenvalue weighted by atomic mass is 10.1. The second kappa shape index (κ2) is 5.73. The third kappa shape index (κ3) is 3.05. The normalized spacial score (nSPS) is 15.5. The van der Waals surface area contributed by atoms with Crippen LogP contribution < -0.4 is 5.56 Å². The summed E-state index contributed by atoms with van der Waals surface area (Å²) in [5, 5.41) is 1.11. The quantitative estimate of drug-likeness (QED) is 0.748. The average Bonchev–Trinajstić information content (AvgIpc) is 3.01. The van der Waals surface area contributed by atoms with Crippen LogP contribution >= 0.6 is 0 Å². The first-order valence-electron chi connectivity index (χ1n) is 7.88. The Balaban J connectivity index is 1.59. The fourth-order valence-electron chi connectivity index (χ4n) is 3.21. The maximum Gasteiger partial charge on any atom is 0.449 e. The van der Waals surface area contributed by atoms with Gasteiger partial charge in [-0.3, -0.25) is 9.69 Å². The van der Waals surface area contributed by atoms with E-state index in [0.29, 0.717) is 25.1 Å². The van der Waals surface area contributed by atoms with Gasteiger partial charge in [0.15, 0.2) is 0 Å². The topological polar surface area (TPSA) is 64.8 Å². The first-order valence-corrected chi connectivity index (χ1v) is 7.88. The van der Waals surface area contributed by atoms with Gasteiger partial charge in [0.05, 0.1) is 5.69 Å². The minimum absolute atomic E-state index is 0.211. The molecule has 2 N–H and O–H groups in total. The van der Waals surface area contributed by atoms with Crippen LogP contribution in [0.2, 0.25) is 0 Å². The first kappa shape index (κ1) is 15.9. The molecule has 0 saturated carbocycles. The van der Waals surface area contributed by atoms with Crippen molar-refractivity contribution in [2.45, 2.75) is 25.7 Å². The van der Waals surface area contributed by atoms with Crippen molar-refractivity contribution in [2.75, 3.05) is 6.54 Å². The molecular weight excluding hydrogens is 333 g/mol. The molecule has 2 aromatic heterocycles. The fourth-order valence-corrected chi connectivity index (χ4v) is 3.21. The highest BCUT2D eigenvalue weighted by Crippen LogP contribution is 2.27. The van der Waals surface area contributed by atoms with E-state index in [4.69, 9.17) is 0 Å². The zero-order valence-corrected chi connectivity index (χ0v) is 13.2. The Kier molecular flexibility index (Phi) is 3.64. The molecule has 4 rings (SSSR count). The number of nitrogens with zero attached hydrogens (tertiary/aromatic N) is 2. The van der Waals surface area contributed by atoms with Gasteiger partial charge in [-0.15, -0.1) is 0 Å². The van der Waals surface area contributed by atoms with E-state index >= 15 is 0 Å². The van der Waals surface area contributed by atoms with Gasteiger partial charge >= 0.3 is 6.18 Å². The maximum absolute atomic E-state index is 12.8. The van der Waals surface area contributed by atoms with E-state index in [9.17, 15) is 18.0 Å². The Morgan fingerprint density at radius 2 is 2.08 bits per heavy atom. The largest absolute Gasteiger partial charge is 0.449 e. The van der Waals surface area contributed by atoms with Gasteiger partial charge in [0.1, 0.15) is 0 Å². The van der Waals surface area contributed by atoms with Crippen molar-refractivity contribution in [3.05, 3.63) is 63.5 Å². The average molecular weight is 348 g/mol. The molecule has 25 heavy (non-hydrogen) atoms. The number of H-pyrrole nitrogens is 2. The van der Waals surface area contributed by atoms with E-state index in [1.54, 1.807) is 0 Å². The van der Waals surface area contributed by atoms with E-state index < -0.39 is 17.6 Å². The van der Waals surface area contributed by atoms with Crippen molar-refractivity contribution in [3.63, 3.8) is 0 Å². The molecule has 3 heterocycles. The Bertz CT molecular complexity index is 989. The van der Waals surface area contributed by atoms with E-state index in [-0.39, 0.29) is 12.2 Å². The van der Waals surface area contributed by atoms with Crippen LogP contribution in [0.25, 0.3) is 10.9 Å². The van der Waals surface area contributed by atoms with Crippen molar-refractivity contribution in [2.24, 2.45) is 0 Å². The Labute approximate surface area is 140 Å². The predicted octanol–water partition coefficient (Wildman–Crippen LogP) is 2.83. The van der Waals surface area contributed by atoms with E-state index in [0.717, 1.165) is 16.5 Å². The summed E-state index contributed by atoms with van der Waals surface area (Å²) in [4.78, 5) is 22.5. The number of alkyl halides is 3. The highest BCUT2D eigenvalue weighted by Gasteiger charge is 2.35. The monoisotopic (exact) mass is 348 g/mol. The molecule has 0 saturated heterocycles. The SMILES string of the molecule is O=c1[nH]c(C(F)(F)F)nc2c1CCN(Cc1ccc3cc[nH]c3c1)C2. The third-order valence-electron chi connectivity index (χ3n) is 4.45. The zero-order chi connectivity index (χ0) is 17.6. The van der Waals surface area contributed by atoms with Gasteiger partial charge in [-0.1, -0.05) is 12.1 Å². The summed E-state index contributed by atoms with van der Waals surface area (Å²) >= 11 is 0. The summed E-state index contributed by atoms with van der Waals surface area (Å²) in [6, 6.07) is 8.00. The molecule has 0 radical (unpaired) electrons. The zero-order valence-electron chi connectivity index (χ0n) is 13.2. The third-order valence-corrected chi connectivity index (χ3v) is 4.45. The standard InChI is InChI=1S/C17H15F3N4O/c18-17(19,20)16-22-14-9-24(6-4-12(14)15(25)23-16)8-10-1-2-11-3-5-21-13(11)7-10/h1-3,5,7,21H,4,6,8-9H2,(H,22,23,25). The molecule has 0 bridgehead atoms. The van der Waals surface area contributed by atoms with Crippen LogP contribution in [0.15, 0.2) is 35.3 Å². The molecule has 0 aliphatic carbocycles. The van der Waals surface area contributed by atoms with E-state index in [1.807, 2.05) is 40.3 Å². The van der Waals surface area contributed by atoms with E-state index in [1.165, 1.54) is 0 Å². The van der Waals surface area contributed by atoms with Gasteiger partial charge in [0, 0.05) is 36.9 Å². The Hall–Kier alpha value is -2.61. The van der Waals surface area contributed by atoms with Gasteiger partial charge in [-0.2, -0.15) is 13.2 Å². The smallest absolute Gasteiger partial charge is 0.361 e. The second-order valence-electron chi connectivity index (χ2n) is 6.20. The van der Waals surface area contributed by atoms with Crippen LogP contribution in [0.1, 0.15) is 22.6 Å². The van der Waals surface area contributed by atoms with Gasteiger partial charge in [-0.25, -0.2) is 4.98 Å². The van der Waals surface area contributed by atoms with Crippen LogP contribution in [0.3, 0.4) is 0 Å². The number of rotatable bonds is 2. The lowest BCUT2D eigenvalue weighted by Crippen LogP contribution is -2.36. The summed E-state index contributed by atoms with van der Waals surface area (Å²) in [5.41, 5.74) is 1.94. The maximum atomic E-state index is 12.8. The second-order valence-corrected chi connectivity index (χ2v) is 6.20. The fraction of sp³-hybridized carbons (Fsp3) is 0.294. The van der Waals surface area contributed by atoms with Crippen LogP contribution in [0.4, 0.5) is 13.2 Å². The van der Waals surface area contributed by atoms with Crippen LogP contribution in [-0.2, 0) is 25.7 Å². The van der Waals surface area contributed by atoms with Crippen molar-refractivity contribution >= 4 is 10.9 Å². The molecule has 1 aromatic carbocycles. The lowest BCUT2D eigenvalue weighted by Gasteiger charge is -2.27. The summed E-state index contributed by atoms with van der Waals surface area (Å²) in [5.74, 6) is -1.23. The number of aromatic amines is 2. The van der Waals surface area contributed by atoms with Gasteiger partial charge in [0.25, 0.3) is 5.56 Å². The molecule has 130 valence electrons. The highest BCUT2D eigenvalue weighted by atomic mass is 19.4. The molecule has 1 aliphatic rings. The molecule has 5 nitrogen and oxygen atoms in total. The molecule has 0 fully saturated rings. The first-order chi connectivity index (χ1) is 11.9.